The van der Waals surface area contributed by atoms with Crippen molar-refractivity contribution >= 4 is 27.4 Å². The highest BCUT2D eigenvalue weighted by molar-refractivity contribution is 7.98. The molecular weight excluding hydrogens is 305 g/mol. The number of thioether (sulfide) groups is 1. The van der Waals surface area contributed by atoms with Crippen LogP contribution in [0.1, 0.15) is 5.69 Å². The van der Waals surface area contributed by atoms with Gasteiger partial charge in [0.05, 0.1) is 0 Å². The Kier molecular flexibility index (Phi) is 3.23. The lowest BCUT2D eigenvalue weighted by molar-refractivity contribution is -0.143. The van der Waals surface area contributed by atoms with Gasteiger partial charge in [0.25, 0.3) is 10.0 Å². The summed E-state index contributed by atoms with van der Waals surface area (Å²) in [7, 11) is -4.62. The Morgan fingerprint density at radius 1 is 1.37 bits per heavy atom. The van der Waals surface area contributed by atoms with Crippen LogP contribution < -0.4 is 5.14 Å². The van der Waals surface area contributed by atoms with Gasteiger partial charge in [-0.15, -0.1) is 11.8 Å². The number of alkyl halides is 3. The van der Waals surface area contributed by atoms with Crippen molar-refractivity contribution < 1.29 is 21.6 Å². The van der Waals surface area contributed by atoms with Crippen molar-refractivity contribution in [3.63, 3.8) is 0 Å². The Labute approximate surface area is 109 Å². The molecule has 11 heteroatoms. The lowest BCUT2D eigenvalue weighted by Gasteiger charge is -2.05. The van der Waals surface area contributed by atoms with E-state index in [-0.39, 0.29) is 5.65 Å². The standard InChI is InChI=1S/C8H7F3N4O2S2/c1-18-5-3-2-4-13-6(8(9,10)11)7(15(4)14-5)19(12,16)17/h2-3H,1H3,(H2,12,16,17). The molecule has 0 saturated heterocycles. The minimum atomic E-state index is -4.94. The Bertz CT molecular complexity index is 738. The highest BCUT2D eigenvalue weighted by atomic mass is 32.2. The molecule has 2 aromatic heterocycles. The van der Waals surface area contributed by atoms with Crippen LogP contribution in [-0.4, -0.2) is 29.3 Å². The van der Waals surface area contributed by atoms with E-state index in [4.69, 9.17) is 5.14 Å². The fourth-order valence-corrected chi connectivity index (χ4v) is 2.62. The first kappa shape index (κ1) is 14.1. The smallest absolute Gasteiger partial charge is 0.223 e. The van der Waals surface area contributed by atoms with Gasteiger partial charge < -0.3 is 0 Å². The van der Waals surface area contributed by atoms with Crippen molar-refractivity contribution in [1.82, 2.24) is 14.6 Å². The van der Waals surface area contributed by atoms with Crippen LogP contribution in [0.2, 0.25) is 0 Å². The van der Waals surface area contributed by atoms with Gasteiger partial charge in [-0.05, 0) is 18.4 Å². The minimum absolute atomic E-state index is 0.242. The monoisotopic (exact) mass is 312 g/mol. The first-order chi connectivity index (χ1) is 8.64. The average molecular weight is 312 g/mol. The van der Waals surface area contributed by atoms with Gasteiger partial charge >= 0.3 is 6.18 Å². The molecule has 0 unspecified atom stereocenters. The third-order valence-electron chi connectivity index (χ3n) is 2.16. The second-order valence-corrected chi connectivity index (χ2v) is 5.76. The summed E-state index contributed by atoms with van der Waals surface area (Å²) in [4.78, 5) is 3.23. The van der Waals surface area contributed by atoms with E-state index in [0.29, 0.717) is 9.54 Å². The van der Waals surface area contributed by atoms with E-state index in [1.807, 2.05) is 0 Å². The molecule has 6 nitrogen and oxygen atoms in total. The molecule has 2 heterocycles. The lowest BCUT2D eigenvalue weighted by atomic mass is 10.5. The van der Waals surface area contributed by atoms with Crippen LogP contribution in [0, 0.1) is 0 Å². The lowest BCUT2D eigenvalue weighted by Crippen LogP contribution is -2.21. The number of aromatic nitrogens is 3. The van der Waals surface area contributed by atoms with Crippen LogP contribution in [0.4, 0.5) is 13.2 Å². The zero-order chi connectivity index (χ0) is 14.4. The minimum Gasteiger partial charge on any atom is -0.223 e. The van der Waals surface area contributed by atoms with E-state index >= 15 is 0 Å². The molecule has 0 saturated carbocycles. The molecule has 0 radical (unpaired) electrons. The molecule has 104 valence electrons. The van der Waals surface area contributed by atoms with Crippen molar-refractivity contribution in [2.75, 3.05) is 6.26 Å². The van der Waals surface area contributed by atoms with Gasteiger partial charge in [0.2, 0.25) is 5.03 Å². The van der Waals surface area contributed by atoms with Crippen molar-refractivity contribution in [1.29, 1.82) is 0 Å². The summed E-state index contributed by atoms with van der Waals surface area (Å²) >= 11 is 1.14. The van der Waals surface area contributed by atoms with Crippen LogP contribution in [0.15, 0.2) is 22.2 Å². The summed E-state index contributed by atoms with van der Waals surface area (Å²) in [5.41, 5.74) is -1.81. The molecule has 0 atom stereocenters. The quantitative estimate of drug-likeness (QED) is 0.839. The fraction of sp³-hybridized carbons (Fsp3) is 0.250. The summed E-state index contributed by atoms with van der Waals surface area (Å²) < 4.78 is 61.6. The second-order valence-electron chi connectivity index (χ2n) is 3.45. The summed E-state index contributed by atoms with van der Waals surface area (Å²) in [5, 5.41) is 7.75. The molecule has 0 bridgehead atoms. The fourth-order valence-electron chi connectivity index (χ4n) is 1.45. The summed E-state index contributed by atoms with van der Waals surface area (Å²) in [6, 6.07) is 2.67. The maximum atomic E-state index is 12.8. The number of nitrogens with zero attached hydrogens (tertiary/aromatic N) is 3. The Balaban J connectivity index is 2.92. The van der Waals surface area contributed by atoms with Crippen LogP contribution in [0.3, 0.4) is 0 Å². The van der Waals surface area contributed by atoms with Gasteiger partial charge in [0.15, 0.2) is 11.3 Å². The normalized spacial score (nSPS) is 13.1. The van der Waals surface area contributed by atoms with Crippen molar-refractivity contribution in [3.8, 4) is 0 Å². The van der Waals surface area contributed by atoms with E-state index in [1.165, 1.54) is 12.1 Å². The highest BCUT2D eigenvalue weighted by Gasteiger charge is 2.41. The summed E-state index contributed by atoms with van der Waals surface area (Å²) in [6.45, 7) is 0. The van der Waals surface area contributed by atoms with Crippen LogP contribution in [0.5, 0.6) is 0 Å². The van der Waals surface area contributed by atoms with Gasteiger partial charge in [-0.25, -0.2) is 18.5 Å². The molecule has 0 aliphatic rings. The summed E-state index contributed by atoms with van der Waals surface area (Å²) in [6.07, 6.45) is -3.29. The van der Waals surface area contributed by atoms with Gasteiger partial charge in [-0.1, -0.05) is 0 Å². The Hall–Kier alpha value is -1.33. The number of fused-ring (bicyclic) bond motifs is 1. The largest absolute Gasteiger partial charge is 0.436 e. The maximum Gasteiger partial charge on any atom is 0.436 e. The van der Waals surface area contributed by atoms with Gasteiger partial charge in [0, 0.05) is 0 Å². The van der Waals surface area contributed by atoms with E-state index in [2.05, 4.69) is 10.1 Å². The van der Waals surface area contributed by atoms with Crippen molar-refractivity contribution in [3.05, 3.63) is 17.8 Å². The molecule has 2 rings (SSSR count). The molecule has 0 fully saturated rings. The van der Waals surface area contributed by atoms with Gasteiger partial charge in [0.1, 0.15) is 5.03 Å². The SMILES string of the molecule is CSc1ccc2nc(C(F)(F)F)c(S(N)(=O)=O)n2n1. The number of sulfonamides is 1. The Morgan fingerprint density at radius 2 is 2.00 bits per heavy atom. The first-order valence-corrected chi connectivity index (χ1v) is 7.45. The zero-order valence-corrected chi connectivity index (χ0v) is 11.0. The van der Waals surface area contributed by atoms with Crippen molar-refractivity contribution in [2.24, 2.45) is 5.14 Å². The van der Waals surface area contributed by atoms with E-state index in [1.54, 1.807) is 6.26 Å². The predicted molar refractivity (Wildman–Crippen MR) is 61.1 cm³/mol. The molecule has 2 N–H and O–H groups in total. The molecule has 2 aromatic rings. The Morgan fingerprint density at radius 3 is 2.47 bits per heavy atom. The van der Waals surface area contributed by atoms with Crippen molar-refractivity contribution in [2.45, 2.75) is 16.2 Å². The van der Waals surface area contributed by atoms with Crippen LogP contribution >= 0.6 is 11.8 Å². The molecule has 19 heavy (non-hydrogen) atoms. The molecule has 0 aliphatic heterocycles. The molecule has 0 spiro atoms. The molecule has 0 aromatic carbocycles. The van der Waals surface area contributed by atoms with Crippen LogP contribution in [-0.2, 0) is 16.2 Å². The van der Waals surface area contributed by atoms with Gasteiger partial charge in [-0.3, -0.25) is 0 Å². The van der Waals surface area contributed by atoms with E-state index < -0.39 is 26.9 Å². The number of primary sulfonamides is 1. The second kappa shape index (κ2) is 4.35. The maximum absolute atomic E-state index is 12.8. The number of halogens is 3. The van der Waals surface area contributed by atoms with E-state index in [9.17, 15) is 21.6 Å². The highest BCUT2D eigenvalue weighted by Crippen LogP contribution is 2.33. The average Bonchev–Trinajstić information content (AvgIpc) is 2.66. The molecule has 0 amide bonds. The molecule has 0 aliphatic carbocycles. The topological polar surface area (TPSA) is 90.3 Å². The molecular formula is C8H7F3N4O2S2. The number of nitrogens with two attached hydrogens (primary N) is 1. The summed E-state index contributed by atoms with van der Waals surface area (Å²) in [5.74, 6) is 0. The first-order valence-electron chi connectivity index (χ1n) is 4.68. The third-order valence-corrected chi connectivity index (χ3v) is 3.70. The predicted octanol–water partition coefficient (Wildman–Crippen LogP) is 1.12. The van der Waals surface area contributed by atoms with Gasteiger partial charge in [-0.2, -0.15) is 22.8 Å². The number of hydrogen-bond donors (Lipinski definition) is 1. The number of hydrogen-bond acceptors (Lipinski definition) is 5. The number of rotatable bonds is 2. The zero-order valence-electron chi connectivity index (χ0n) is 9.34. The van der Waals surface area contributed by atoms with Crippen LogP contribution in [0.25, 0.3) is 5.65 Å². The van der Waals surface area contributed by atoms with E-state index in [0.717, 1.165) is 11.8 Å². The third kappa shape index (κ3) is 2.53. The number of imidazole rings is 1.